The molecule has 0 aliphatic rings. The number of nitrogens with one attached hydrogen (secondary N) is 1. The van der Waals surface area contributed by atoms with E-state index in [-0.39, 0.29) is 12.5 Å². The molecule has 0 saturated heterocycles. The van der Waals surface area contributed by atoms with E-state index in [2.05, 4.69) is 32.6 Å². The highest BCUT2D eigenvalue weighted by Gasteiger charge is 2.16. The lowest BCUT2D eigenvalue weighted by Crippen LogP contribution is -2.11. The van der Waals surface area contributed by atoms with Crippen LogP contribution in [-0.2, 0) is 13.0 Å². The van der Waals surface area contributed by atoms with E-state index in [4.69, 9.17) is 9.26 Å². The fraction of sp³-hybridized carbons (Fsp3) is 0.182. The number of hydrogen-bond donors (Lipinski definition) is 1. The van der Waals surface area contributed by atoms with E-state index in [0.717, 1.165) is 10.7 Å². The molecule has 4 rings (SSSR count). The van der Waals surface area contributed by atoms with Gasteiger partial charge in [0.1, 0.15) is 10.6 Å². The van der Waals surface area contributed by atoms with E-state index in [1.54, 1.807) is 31.2 Å². The van der Waals surface area contributed by atoms with Crippen LogP contribution in [-0.4, -0.2) is 21.0 Å². The zero-order chi connectivity index (χ0) is 20.9. The van der Waals surface area contributed by atoms with Gasteiger partial charge in [-0.05, 0) is 36.8 Å². The second-order valence-electron chi connectivity index (χ2n) is 6.68. The minimum atomic E-state index is -0.166. The Morgan fingerprint density at radius 3 is 2.53 bits per heavy atom. The predicted octanol–water partition coefficient (Wildman–Crippen LogP) is 4.57. The van der Waals surface area contributed by atoms with Crippen LogP contribution in [0.3, 0.4) is 0 Å². The minimum absolute atomic E-state index is 0.166. The molecule has 0 aliphatic heterocycles. The highest BCUT2D eigenvalue weighted by atomic mass is 32.1. The van der Waals surface area contributed by atoms with Crippen LogP contribution in [0, 0.1) is 13.8 Å². The van der Waals surface area contributed by atoms with Crippen molar-refractivity contribution in [1.29, 1.82) is 0 Å². The number of carbonyl (C=O) groups excluding carboxylic acids is 1. The van der Waals surface area contributed by atoms with Gasteiger partial charge >= 0.3 is 0 Å². The first-order chi connectivity index (χ1) is 14.6. The van der Waals surface area contributed by atoms with E-state index >= 15 is 0 Å². The average Bonchev–Trinajstić information content (AvgIpc) is 3.33. The number of carbonyl (C=O) groups is 1. The molecule has 152 valence electrons. The van der Waals surface area contributed by atoms with Gasteiger partial charge in [-0.3, -0.25) is 4.79 Å². The molecule has 8 heteroatoms. The Morgan fingerprint density at radius 2 is 1.83 bits per heavy atom. The first-order valence-corrected chi connectivity index (χ1v) is 10.2. The highest BCUT2D eigenvalue weighted by Crippen LogP contribution is 2.23. The van der Waals surface area contributed by atoms with Crippen molar-refractivity contribution in [3.05, 3.63) is 87.5 Å². The number of aryl methyl sites for hydroxylation is 2. The molecule has 0 atom stereocenters. The zero-order valence-corrected chi connectivity index (χ0v) is 17.4. The van der Waals surface area contributed by atoms with Gasteiger partial charge in [-0.1, -0.05) is 35.5 Å². The molecular weight excluding hydrogens is 400 g/mol. The van der Waals surface area contributed by atoms with E-state index in [1.165, 1.54) is 16.9 Å². The topological polar surface area (TPSA) is 90.1 Å². The van der Waals surface area contributed by atoms with Gasteiger partial charge < -0.3 is 14.6 Å². The summed E-state index contributed by atoms with van der Waals surface area (Å²) in [5.74, 6) is 1.46. The van der Waals surface area contributed by atoms with Crippen LogP contribution in [0.5, 0.6) is 5.75 Å². The van der Waals surface area contributed by atoms with Gasteiger partial charge in [0.15, 0.2) is 6.61 Å². The fourth-order valence-corrected chi connectivity index (χ4v) is 3.87. The van der Waals surface area contributed by atoms with Crippen molar-refractivity contribution in [2.24, 2.45) is 0 Å². The monoisotopic (exact) mass is 420 g/mol. The summed E-state index contributed by atoms with van der Waals surface area (Å²) in [5, 5.41) is 7.62. The van der Waals surface area contributed by atoms with Gasteiger partial charge in [-0.2, -0.15) is 4.98 Å². The standard InChI is InChI=1S/C22H20N4O3S/c1-14-21(30-20(23-14)12-16-6-4-3-5-7-16)22(27)25-17-8-10-18(11-9-17)28-13-19-24-15(2)29-26-19/h3-11H,12-13H2,1-2H3,(H,25,27). The van der Waals surface area contributed by atoms with Crippen molar-refractivity contribution >= 4 is 22.9 Å². The van der Waals surface area contributed by atoms with Crippen molar-refractivity contribution in [2.45, 2.75) is 26.9 Å². The molecule has 2 heterocycles. The zero-order valence-electron chi connectivity index (χ0n) is 16.6. The number of nitrogens with zero attached hydrogens (tertiary/aromatic N) is 3. The minimum Gasteiger partial charge on any atom is -0.485 e. The number of thiazole rings is 1. The third kappa shape index (κ3) is 4.90. The second-order valence-corrected chi connectivity index (χ2v) is 7.76. The molecule has 1 amide bonds. The molecule has 2 aromatic heterocycles. The molecular formula is C22H20N4O3S. The number of benzene rings is 2. The summed E-state index contributed by atoms with van der Waals surface area (Å²) >= 11 is 1.42. The van der Waals surface area contributed by atoms with Gasteiger partial charge in [0.05, 0.1) is 10.7 Å². The maximum absolute atomic E-state index is 12.7. The Bertz CT molecular complexity index is 1140. The number of hydrogen-bond acceptors (Lipinski definition) is 7. The lowest BCUT2D eigenvalue weighted by atomic mass is 10.2. The van der Waals surface area contributed by atoms with Gasteiger partial charge in [0.2, 0.25) is 11.7 Å². The molecule has 0 aliphatic carbocycles. The Hall–Kier alpha value is -3.52. The van der Waals surface area contributed by atoms with Crippen molar-refractivity contribution in [1.82, 2.24) is 15.1 Å². The van der Waals surface area contributed by atoms with Gasteiger partial charge in [0, 0.05) is 19.0 Å². The van der Waals surface area contributed by atoms with Gasteiger partial charge in [-0.15, -0.1) is 11.3 Å². The average molecular weight is 420 g/mol. The normalized spacial score (nSPS) is 10.7. The van der Waals surface area contributed by atoms with Gasteiger partial charge in [-0.25, -0.2) is 4.98 Å². The summed E-state index contributed by atoms with van der Waals surface area (Å²) in [6.07, 6.45) is 0.714. The maximum Gasteiger partial charge on any atom is 0.267 e. The van der Waals surface area contributed by atoms with Crippen LogP contribution in [0.2, 0.25) is 0 Å². The van der Waals surface area contributed by atoms with Crippen LogP contribution in [0.15, 0.2) is 59.1 Å². The van der Waals surface area contributed by atoms with Crippen LogP contribution in [0.1, 0.15) is 37.7 Å². The molecule has 1 N–H and O–H groups in total. The summed E-state index contributed by atoms with van der Waals surface area (Å²) in [6.45, 7) is 3.80. The van der Waals surface area contributed by atoms with Crippen LogP contribution < -0.4 is 10.1 Å². The molecule has 0 bridgehead atoms. The summed E-state index contributed by atoms with van der Waals surface area (Å²) in [5.41, 5.74) is 2.59. The number of aromatic nitrogens is 3. The Morgan fingerprint density at radius 1 is 1.07 bits per heavy atom. The van der Waals surface area contributed by atoms with Crippen molar-refractivity contribution in [3.8, 4) is 5.75 Å². The molecule has 2 aromatic carbocycles. The Balaban J connectivity index is 1.36. The molecule has 0 fully saturated rings. The Labute approximate surface area is 177 Å². The fourth-order valence-electron chi connectivity index (χ4n) is 2.88. The van der Waals surface area contributed by atoms with Gasteiger partial charge in [0.25, 0.3) is 5.91 Å². The number of amides is 1. The smallest absolute Gasteiger partial charge is 0.267 e. The van der Waals surface area contributed by atoms with E-state index in [9.17, 15) is 4.79 Å². The van der Waals surface area contributed by atoms with E-state index in [1.807, 2.05) is 25.1 Å². The van der Waals surface area contributed by atoms with Crippen molar-refractivity contribution < 1.29 is 14.1 Å². The number of anilines is 1. The lowest BCUT2D eigenvalue weighted by Gasteiger charge is -2.06. The van der Waals surface area contributed by atoms with E-state index in [0.29, 0.717) is 34.4 Å². The first kappa shape index (κ1) is 19.8. The van der Waals surface area contributed by atoms with Crippen LogP contribution in [0.25, 0.3) is 0 Å². The summed E-state index contributed by atoms with van der Waals surface area (Å²) in [7, 11) is 0. The summed E-state index contributed by atoms with van der Waals surface area (Å²) < 4.78 is 10.5. The maximum atomic E-state index is 12.7. The van der Waals surface area contributed by atoms with Crippen molar-refractivity contribution in [3.63, 3.8) is 0 Å². The number of ether oxygens (including phenoxy) is 1. The van der Waals surface area contributed by atoms with Crippen molar-refractivity contribution in [2.75, 3.05) is 5.32 Å². The third-order valence-electron chi connectivity index (χ3n) is 4.30. The highest BCUT2D eigenvalue weighted by molar-refractivity contribution is 7.14. The SMILES string of the molecule is Cc1nc(COc2ccc(NC(=O)c3sc(Cc4ccccc4)nc3C)cc2)no1. The molecule has 0 radical (unpaired) electrons. The second kappa shape index (κ2) is 8.87. The molecule has 0 unspecified atom stereocenters. The molecule has 7 nitrogen and oxygen atoms in total. The molecule has 0 saturated carbocycles. The third-order valence-corrected chi connectivity index (χ3v) is 5.45. The summed E-state index contributed by atoms with van der Waals surface area (Å²) in [6, 6.07) is 17.2. The molecule has 30 heavy (non-hydrogen) atoms. The largest absolute Gasteiger partial charge is 0.485 e. The predicted molar refractivity (Wildman–Crippen MR) is 114 cm³/mol. The quantitative estimate of drug-likeness (QED) is 0.471. The van der Waals surface area contributed by atoms with Crippen LogP contribution in [0.4, 0.5) is 5.69 Å². The molecule has 4 aromatic rings. The summed E-state index contributed by atoms with van der Waals surface area (Å²) in [4.78, 5) is 22.0. The molecule has 0 spiro atoms. The van der Waals surface area contributed by atoms with Crippen LogP contribution >= 0.6 is 11.3 Å². The number of rotatable bonds is 7. The van der Waals surface area contributed by atoms with E-state index < -0.39 is 0 Å². The Kier molecular flexibility index (Phi) is 5.85. The first-order valence-electron chi connectivity index (χ1n) is 9.40. The lowest BCUT2D eigenvalue weighted by molar-refractivity contribution is 0.103.